The average Bonchev–Trinajstić information content (AvgIpc) is 3.14. The van der Waals surface area contributed by atoms with Crippen LogP contribution < -0.4 is 10.1 Å². The number of methoxy groups -OCH3 is 1. The zero-order chi connectivity index (χ0) is 20.8. The number of anilines is 1. The number of likely N-dealkylation sites (N-methyl/N-ethyl adjacent to an activating group) is 1. The van der Waals surface area contributed by atoms with Crippen LogP contribution in [0.1, 0.15) is 23.1 Å². The molecule has 0 atom stereocenters. The van der Waals surface area contributed by atoms with Crippen molar-refractivity contribution in [3.05, 3.63) is 66.0 Å². The fourth-order valence-electron chi connectivity index (χ4n) is 2.84. The zero-order valence-electron chi connectivity index (χ0n) is 16.6. The highest BCUT2D eigenvalue weighted by atomic mass is 16.5. The fraction of sp³-hybridized carbons (Fsp3) is 0.238. The van der Waals surface area contributed by atoms with E-state index in [1.165, 1.54) is 16.8 Å². The molecule has 1 N–H and O–H groups in total. The van der Waals surface area contributed by atoms with Crippen molar-refractivity contribution in [1.29, 1.82) is 0 Å². The number of carbonyl (C=O) groups excluding carboxylic acids is 2. The van der Waals surface area contributed by atoms with Crippen molar-refractivity contribution < 1.29 is 14.3 Å². The van der Waals surface area contributed by atoms with Crippen molar-refractivity contribution in [1.82, 2.24) is 19.9 Å². The summed E-state index contributed by atoms with van der Waals surface area (Å²) < 4.78 is 5.24. The highest BCUT2D eigenvalue weighted by Crippen LogP contribution is 2.23. The SMILES string of the molecule is CCN(CC(=O)Nc1ccccc1OC)C(=O)c1nn(-c2ccccc2)nc1C. The van der Waals surface area contributed by atoms with Crippen LogP contribution in [0.2, 0.25) is 0 Å². The molecule has 0 radical (unpaired) electrons. The third kappa shape index (κ3) is 4.60. The van der Waals surface area contributed by atoms with Gasteiger partial charge in [0, 0.05) is 6.54 Å². The van der Waals surface area contributed by atoms with Crippen LogP contribution in [-0.2, 0) is 4.79 Å². The van der Waals surface area contributed by atoms with Gasteiger partial charge in [-0.3, -0.25) is 9.59 Å². The smallest absolute Gasteiger partial charge is 0.276 e. The molecule has 150 valence electrons. The molecule has 2 aromatic carbocycles. The third-order valence-corrected chi connectivity index (χ3v) is 4.36. The van der Waals surface area contributed by atoms with Gasteiger partial charge in [0.05, 0.1) is 24.2 Å². The molecule has 29 heavy (non-hydrogen) atoms. The number of ether oxygens (including phenoxy) is 1. The van der Waals surface area contributed by atoms with E-state index < -0.39 is 0 Å². The summed E-state index contributed by atoms with van der Waals surface area (Å²) >= 11 is 0. The van der Waals surface area contributed by atoms with E-state index in [-0.39, 0.29) is 24.1 Å². The van der Waals surface area contributed by atoms with E-state index >= 15 is 0 Å². The van der Waals surface area contributed by atoms with Gasteiger partial charge in [-0.15, -0.1) is 5.10 Å². The second-order valence-corrected chi connectivity index (χ2v) is 6.33. The topological polar surface area (TPSA) is 89.4 Å². The molecule has 0 fully saturated rings. The van der Waals surface area contributed by atoms with Gasteiger partial charge in [0.1, 0.15) is 12.3 Å². The maximum absolute atomic E-state index is 13.0. The molecule has 0 aliphatic heterocycles. The molecular formula is C21H23N5O3. The molecule has 3 rings (SSSR count). The normalized spacial score (nSPS) is 10.4. The van der Waals surface area contributed by atoms with E-state index in [0.717, 1.165) is 5.69 Å². The predicted octanol–water partition coefficient (Wildman–Crippen LogP) is 2.69. The highest BCUT2D eigenvalue weighted by Gasteiger charge is 2.23. The van der Waals surface area contributed by atoms with Gasteiger partial charge in [0.25, 0.3) is 5.91 Å². The molecule has 2 amide bonds. The molecule has 0 aliphatic rings. The average molecular weight is 393 g/mol. The fourth-order valence-corrected chi connectivity index (χ4v) is 2.84. The van der Waals surface area contributed by atoms with Crippen molar-refractivity contribution in [3.63, 3.8) is 0 Å². The molecule has 0 bridgehead atoms. The number of rotatable bonds is 7. The minimum absolute atomic E-state index is 0.106. The van der Waals surface area contributed by atoms with Gasteiger partial charge < -0.3 is 15.0 Å². The Balaban J connectivity index is 1.74. The lowest BCUT2D eigenvalue weighted by molar-refractivity contribution is -0.116. The van der Waals surface area contributed by atoms with Crippen molar-refractivity contribution in [3.8, 4) is 11.4 Å². The lowest BCUT2D eigenvalue weighted by Crippen LogP contribution is -2.38. The van der Waals surface area contributed by atoms with E-state index in [2.05, 4.69) is 15.5 Å². The summed E-state index contributed by atoms with van der Waals surface area (Å²) in [4.78, 5) is 28.3. The number of amides is 2. The Hall–Kier alpha value is -3.68. The van der Waals surface area contributed by atoms with E-state index in [0.29, 0.717) is 23.7 Å². The van der Waals surface area contributed by atoms with Crippen LogP contribution in [0, 0.1) is 6.92 Å². The summed E-state index contributed by atoms with van der Waals surface area (Å²) in [6.45, 7) is 3.79. The number of aromatic nitrogens is 3. The number of carbonyl (C=O) groups is 2. The number of nitrogens with zero attached hydrogens (tertiary/aromatic N) is 4. The van der Waals surface area contributed by atoms with Crippen molar-refractivity contribution in [2.75, 3.05) is 25.5 Å². The number of hydrogen-bond donors (Lipinski definition) is 1. The maximum Gasteiger partial charge on any atom is 0.276 e. The maximum atomic E-state index is 13.0. The highest BCUT2D eigenvalue weighted by molar-refractivity contribution is 5.99. The van der Waals surface area contributed by atoms with Crippen LogP contribution in [0.5, 0.6) is 5.75 Å². The zero-order valence-corrected chi connectivity index (χ0v) is 16.6. The molecule has 8 nitrogen and oxygen atoms in total. The first-order chi connectivity index (χ1) is 14.0. The van der Waals surface area contributed by atoms with Gasteiger partial charge in [-0.05, 0) is 38.1 Å². The van der Waals surface area contributed by atoms with Crippen molar-refractivity contribution >= 4 is 17.5 Å². The Bertz CT molecular complexity index is 1000. The Morgan fingerprint density at radius 3 is 2.45 bits per heavy atom. The Morgan fingerprint density at radius 1 is 1.07 bits per heavy atom. The monoisotopic (exact) mass is 393 g/mol. The first kappa shape index (κ1) is 20.1. The predicted molar refractivity (Wildman–Crippen MR) is 109 cm³/mol. The van der Waals surface area contributed by atoms with Gasteiger partial charge in [0.2, 0.25) is 5.91 Å². The molecule has 0 unspecified atom stereocenters. The number of nitrogens with one attached hydrogen (secondary N) is 1. The molecule has 1 heterocycles. The Kier molecular flexibility index (Phi) is 6.23. The van der Waals surface area contributed by atoms with E-state index in [4.69, 9.17) is 4.74 Å². The van der Waals surface area contributed by atoms with Crippen LogP contribution in [-0.4, -0.2) is 51.9 Å². The second kappa shape index (κ2) is 9.01. The molecule has 8 heteroatoms. The van der Waals surface area contributed by atoms with Crippen LogP contribution in [0.3, 0.4) is 0 Å². The number of benzene rings is 2. The summed E-state index contributed by atoms with van der Waals surface area (Å²) in [6, 6.07) is 16.4. The van der Waals surface area contributed by atoms with E-state index in [1.807, 2.05) is 43.3 Å². The van der Waals surface area contributed by atoms with E-state index in [9.17, 15) is 9.59 Å². The molecule has 0 saturated heterocycles. The standard InChI is InChI=1S/C21H23N5O3/c1-4-25(14-19(27)22-17-12-8-9-13-18(17)29-3)21(28)20-15(2)23-26(24-20)16-10-6-5-7-11-16/h5-13H,4,14H2,1-3H3,(H,22,27). The number of hydrogen-bond acceptors (Lipinski definition) is 5. The van der Waals surface area contributed by atoms with Gasteiger partial charge in [-0.2, -0.15) is 9.90 Å². The summed E-state index contributed by atoms with van der Waals surface area (Å²) in [5.74, 6) is -0.114. The minimum Gasteiger partial charge on any atom is -0.495 e. The van der Waals surface area contributed by atoms with Gasteiger partial charge >= 0.3 is 0 Å². The third-order valence-electron chi connectivity index (χ3n) is 4.36. The van der Waals surface area contributed by atoms with Crippen molar-refractivity contribution in [2.45, 2.75) is 13.8 Å². The lowest BCUT2D eigenvalue weighted by Gasteiger charge is -2.19. The lowest BCUT2D eigenvalue weighted by atomic mass is 10.2. The molecule has 3 aromatic rings. The number of aryl methyl sites for hydroxylation is 1. The first-order valence-corrected chi connectivity index (χ1v) is 9.25. The van der Waals surface area contributed by atoms with Crippen LogP contribution >= 0.6 is 0 Å². The second-order valence-electron chi connectivity index (χ2n) is 6.33. The van der Waals surface area contributed by atoms with Gasteiger partial charge in [-0.1, -0.05) is 30.3 Å². The van der Waals surface area contributed by atoms with Crippen molar-refractivity contribution in [2.24, 2.45) is 0 Å². The first-order valence-electron chi connectivity index (χ1n) is 9.25. The van der Waals surface area contributed by atoms with E-state index in [1.54, 1.807) is 25.1 Å². The van der Waals surface area contributed by atoms with Crippen LogP contribution in [0.25, 0.3) is 5.69 Å². The largest absolute Gasteiger partial charge is 0.495 e. The van der Waals surface area contributed by atoms with Gasteiger partial charge in [-0.25, -0.2) is 0 Å². The summed E-state index contributed by atoms with van der Waals surface area (Å²) in [5, 5.41) is 11.4. The number of para-hydroxylation sites is 3. The summed E-state index contributed by atoms with van der Waals surface area (Å²) in [5.41, 5.74) is 2.03. The summed E-state index contributed by atoms with van der Waals surface area (Å²) in [6.07, 6.45) is 0. The molecule has 0 spiro atoms. The Labute approximate surface area is 169 Å². The molecule has 1 aromatic heterocycles. The van der Waals surface area contributed by atoms with Gasteiger partial charge in [0.15, 0.2) is 5.69 Å². The minimum atomic E-state index is -0.345. The molecule has 0 saturated carbocycles. The van der Waals surface area contributed by atoms with Crippen LogP contribution in [0.15, 0.2) is 54.6 Å². The quantitative estimate of drug-likeness (QED) is 0.667. The Morgan fingerprint density at radius 2 is 1.76 bits per heavy atom. The van der Waals surface area contributed by atoms with Crippen LogP contribution in [0.4, 0.5) is 5.69 Å². The molecule has 0 aliphatic carbocycles. The summed E-state index contributed by atoms with van der Waals surface area (Å²) in [7, 11) is 1.53. The molecular weight excluding hydrogens is 370 g/mol.